The van der Waals surface area contributed by atoms with E-state index in [0.717, 1.165) is 28.0 Å². The van der Waals surface area contributed by atoms with Crippen LogP contribution in [0.1, 0.15) is 11.4 Å². The van der Waals surface area contributed by atoms with Crippen LogP contribution < -0.4 is 10.1 Å². The third-order valence-corrected chi connectivity index (χ3v) is 3.89. The van der Waals surface area contributed by atoms with Crippen LogP contribution in [0.4, 0.5) is 5.69 Å². The Balaban J connectivity index is 1.77. The van der Waals surface area contributed by atoms with Crippen molar-refractivity contribution in [2.75, 3.05) is 12.4 Å². The summed E-state index contributed by atoms with van der Waals surface area (Å²) in [4.78, 5) is 16.6. The number of carbonyl (C=O) groups excluding carboxylic acids is 1. The van der Waals surface area contributed by atoms with E-state index in [0.29, 0.717) is 12.2 Å². The molecule has 3 aromatic rings. The van der Waals surface area contributed by atoms with Gasteiger partial charge in [0.2, 0.25) is 5.91 Å². The fraction of sp³-hybridized carbons (Fsp3) is 0.222. The molecule has 0 saturated carbocycles. The van der Waals surface area contributed by atoms with E-state index in [-0.39, 0.29) is 5.91 Å². The van der Waals surface area contributed by atoms with Crippen molar-refractivity contribution in [1.29, 1.82) is 0 Å². The smallest absolute Gasteiger partial charge is 0.244 e. The molecule has 2 aromatic heterocycles. The summed E-state index contributed by atoms with van der Waals surface area (Å²) in [6.45, 7) is 4.28. The Hall–Kier alpha value is -2.82. The number of nitrogens with zero attached hydrogens (tertiary/aromatic N) is 2. The fourth-order valence-corrected chi connectivity index (χ4v) is 2.59. The third kappa shape index (κ3) is 3.18. The summed E-state index contributed by atoms with van der Waals surface area (Å²) in [5.74, 6) is 0.697. The van der Waals surface area contributed by atoms with Crippen LogP contribution in [0.2, 0.25) is 0 Å². The Labute approximate surface area is 134 Å². The lowest BCUT2D eigenvalue weighted by atomic mass is 10.2. The van der Waals surface area contributed by atoms with Crippen molar-refractivity contribution < 1.29 is 9.53 Å². The molecule has 0 bridgehead atoms. The second-order valence-corrected chi connectivity index (χ2v) is 5.53. The summed E-state index contributed by atoms with van der Waals surface area (Å²) in [5.41, 5.74) is 3.66. The molecule has 5 heteroatoms. The lowest BCUT2D eigenvalue weighted by Gasteiger charge is -2.10. The molecule has 0 saturated heterocycles. The highest BCUT2D eigenvalue weighted by atomic mass is 16.5. The molecule has 23 heavy (non-hydrogen) atoms. The van der Waals surface area contributed by atoms with Crippen LogP contribution in [0.25, 0.3) is 10.9 Å². The number of benzene rings is 1. The van der Waals surface area contributed by atoms with Crippen LogP contribution in [0.5, 0.6) is 5.75 Å². The molecule has 0 aliphatic carbocycles. The predicted octanol–water partition coefficient (Wildman–Crippen LogP) is 3.30. The molecule has 0 atom stereocenters. The number of aromatic nitrogens is 2. The summed E-state index contributed by atoms with van der Waals surface area (Å²) in [7, 11) is 1.63. The van der Waals surface area contributed by atoms with Crippen LogP contribution >= 0.6 is 0 Å². The number of pyridine rings is 1. The van der Waals surface area contributed by atoms with Gasteiger partial charge in [0.05, 0.1) is 24.5 Å². The highest BCUT2D eigenvalue weighted by Crippen LogP contribution is 2.21. The first-order chi connectivity index (χ1) is 11.1. The summed E-state index contributed by atoms with van der Waals surface area (Å²) < 4.78 is 7.17. The van der Waals surface area contributed by atoms with Gasteiger partial charge in [0, 0.05) is 22.8 Å². The first kappa shape index (κ1) is 15.1. The highest BCUT2D eigenvalue weighted by Gasteiger charge is 2.08. The fourth-order valence-electron chi connectivity index (χ4n) is 2.59. The maximum absolute atomic E-state index is 12.2. The van der Waals surface area contributed by atoms with E-state index in [1.165, 1.54) is 0 Å². The number of carbonyl (C=O) groups is 1. The molecule has 2 heterocycles. The minimum absolute atomic E-state index is 0.0675. The van der Waals surface area contributed by atoms with Gasteiger partial charge in [-0.15, -0.1) is 0 Å². The summed E-state index contributed by atoms with van der Waals surface area (Å²) in [6.07, 6.45) is 1.66. The zero-order valence-corrected chi connectivity index (χ0v) is 13.5. The molecule has 5 nitrogen and oxygen atoms in total. The van der Waals surface area contributed by atoms with Gasteiger partial charge in [-0.05, 0) is 44.2 Å². The van der Waals surface area contributed by atoms with E-state index in [9.17, 15) is 4.79 Å². The van der Waals surface area contributed by atoms with Gasteiger partial charge in [-0.1, -0.05) is 0 Å². The van der Waals surface area contributed by atoms with Gasteiger partial charge in [0.25, 0.3) is 0 Å². The van der Waals surface area contributed by atoms with Crippen molar-refractivity contribution in [2.45, 2.75) is 20.4 Å². The minimum atomic E-state index is -0.0675. The summed E-state index contributed by atoms with van der Waals surface area (Å²) >= 11 is 0. The van der Waals surface area contributed by atoms with Crippen LogP contribution in [0.3, 0.4) is 0 Å². The maximum Gasteiger partial charge on any atom is 0.244 e. The molecule has 0 aliphatic heterocycles. The van der Waals surface area contributed by atoms with Crippen molar-refractivity contribution >= 4 is 22.5 Å². The molecule has 1 aromatic carbocycles. The van der Waals surface area contributed by atoms with Gasteiger partial charge in [-0.25, -0.2) is 0 Å². The third-order valence-electron chi connectivity index (χ3n) is 3.89. The van der Waals surface area contributed by atoms with E-state index >= 15 is 0 Å². The summed E-state index contributed by atoms with van der Waals surface area (Å²) in [6, 6.07) is 11.6. The number of nitrogens with one attached hydrogen (secondary N) is 1. The number of hydrogen-bond donors (Lipinski definition) is 1. The molecule has 0 fully saturated rings. The van der Waals surface area contributed by atoms with Crippen LogP contribution in [-0.4, -0.2) is 22.6 Å². The molecule has 118 valence electrons. The van der Waals surface area contributed by atoms with Gasteiger partial charge in [0.1, 0.15) is 12.3 Å². The first-order valence-electron chi connectivity index (χ1n) is 7.43. The van der Waals surface area contributed by atoms with E-state index in [1.54, 1.807) is 13.3 Å². The average Bonchev–Trinajstić information content (AvgIpc) is 2.86. The Morgan fingerprint density at radius 1 is 1.17 bits per heavy atom. The Bertz CT molecular complexity index is 848. The van der Waals surface area contributed by atoms with Gasteiger partial charge < -0.3 is 14.6 Å². The van der Waals surface area contributed by atoms with Gasteiger partial charge >= 0.3 is 0 Å². The molecular formula is C18H19N3O2. The summed E-state index contributed by atoms with van der Waals surface area (Å²) in [5, 5.41) is 3.86. The number of ether oxygens (including phenoxy) is 1. The largest absolute Gasteiger partial charge is 0.497 e. The van der Waals surface area contributed by atoms with Gasteiger partial charge in [-0.2, -0.15) is 0 Å². The van der Waals surface area contributed by atoms with Crippen molar-refractivity contribution in [3.05, 3.63) is 54.0 Å². The van der Waals surface area contributed by atoms with Crippen molar-refractivity contribution in [3.63, 3.8) is 0 Å². The Kier molecular flexibility index (Phi) is 4.02. The molecule has 1 amide bonds. The molecular weight excluding hydrogens is 290 g/mol. The predicted molar refractivity (Wildman–Crippen MR) is 90.8 cm³/mol. The maximum atomic E-state index is 12.2. The first-order valence-corrected chi connectivity index (χ1v) is 7.43. The average molecular weight is 309 g/mol. The van der Waals surface area contributed by atoms with E-state index in [1.807, 2.05) is 54.8 Å². The van der Waals surface area contributed by atoms with Crippen LogP contribution in [-0.2, 0) is 11.3 Å². The topological polar surface area (TPSA) is 56.1 Å². The van der Waals surface area contributed by atoms with Crippen molar-refractivity contribution in [2.24, 2.45) is 0 Å². The molecule has 1 N–H and O–H groups in total. The van der Waals surface area contributed by atoms with Gasteiger partial charge in [0.15, 0.2) is 0 Å². The molecule has 3 rings (SSSR count). The number of fused-ring (bicyclic) bond motifs is 1. The van der Waals surface area contributed by atoms with Crippen LogP contribution in [0.15, 0.2) is 42.6 Å². The number of amides is 1. The standard InChI is InChI=1S/C18H19N3O2/c1-12-4-5-13(2)21(12)11-18(22)20-15-8-14-6-7-16(23-3)9-17(14)19-10-15/h4-10H,11H2,1-3H3,(H,20,22). The van der Waals surface area contributed by atoms with E-state index < -0.39 is 0 Å². The number of rotatable bonds is 4. The monoisotopic (exact) mass is 309 g/mol. The molecule has 0 spiro atoms. The molecule has 0 aliphatic rings. The SMILES string of the molecule is COc1ccc2cc(NC(=O)Cn3c(C)ccc3C)cnc2c1. The normalized spacial score (nSPS) is 10.7. The molecule has 0 radical (unpaired) electrons. The zero-order valence-electron chi connectivity index (χ0n) is 13.5. The number of methoxy groups -OCH3 is 1. The van der Waals surface area contributed by atoms with Crippen molar-refractivity contribution in [3.8, 4) is 5.75 Å². The number of anilines is 1. The Morgan fingerprint density at radius 2 is 1.91 bits per heavy atom. The van der Waals surface area contributed by atoms with Crippen molar-refractivity contribution in [1.82, 2.24) is 9.55 Å². The van der Waals surface area contributed by atoms with E-state index in [4.69, 9.17) is 4.74 Å². The zero-order chi connectivity index (χ0) is 16.4. The highest BCUT2D eigenvalue weighted by molar-refractivity contribution is 5.93. The number of aryl methyl sites for hydroxylation is 2. The lowest BCUT2D eigenvalue weighted by molar-refractivity contribution is -0.116. The molecule has 0 unspecified atom stereocenters. The second-order valence-electron chi connectivity index (χ2n) is 5.53. The van der Waals surface area contributed by atoms with E-state index in [2.05, 4.69) is 10.3 Å². The Morgan fingerprint density at radius 3 is 2.61 bits per heavy atom. The quantitative estimate of drug-likeness (QED) is 0.804. The van der Waals surface area contributed by atoms with Crippen LogP contribution in [0, 0.1) is 13.8 Å². The number of hydrogen-bond acceptors (Lipinski definition) is 3. The van der Waals surface area contributed by atoms with Gasteiger partial charge in [-0.3, -0.25) is 9.78 Å². The lowest BCUT2D eigenvalue weighted by Crippen LogP contribution is -2.20. The minimum Gasteiger partial charge on any atom is -0.497 e. The second kappa shape index (κ2) is 6.12.